The Morgan fingerprint density at radius 2 is 1.44 bits per heavy atom. The lowest BCUT2D eigenvalue weighted by atomic mass is 9.93. The Bertz CT molecular complexity index is 1580. The van der Waals surface area contributed by atoms with E-state index in [0.717, 1.165) is 62.2 Å². The van der Waals surface area contributed by atoms with Crippen LogP contribution < -0.4 is 10.6 Å². The summed E-state index contributed by atoms with van der Waals surface area (Å²) in [7, 11) is 2.78. The fourth-order valence-corrected chi connectivity index (χ4v) is 12.1. The molecule has 2 aromatic carbocycles. The first-order chi connectivity index (χ1) is 22.9. The van der Waals surface area contributed by atoms with Crippen molar-refractivity contribution < 1.29 is 42.4 Å². The Morgan fingerprint density at radius 3 is 1.98 bits per heavy atom. The number of carbonyl (C=O) groups excluding carboxylic acids is 2. The second-order valence-electron chi connectivity index (χ2n) is 11.7. The molecule has 2 aliphatic heterocycles. The first-order valence-electron chi connectivity index (χ1n) is 15.8. The first kappa shape index (κ1) is 38.4. The summed E-state index contributed by atoms with van der Waals surface area (Å²) in [6.45, 7) is 0. The lowest BCUT2D eigenvalue weighted by molar-refractivity contribution is -0.141. The van der Waals surface area contributed by atoms with Crippen molar-refractivity contribution in [2.24, 2.45) is 0 Å². The maximum atomic E-state index is 13.0. The number of amides is 2. The average molecular weight is 757 g/mol. The molecule has 2 aliphatic rings. The normalized spacial score (nSPS) is 18.4. The van der Waals surface area contributed by atoms with Gasteiger partial charge in [0.15, 0.2) is 0 Å². The van der Waals surface area contributed by atoms with E-state index < -0.39 is 38.9 Å². The highest BCUT2D eigenvalue weighted by Crippen LogP contribution is 2.41. The summed E-state index contributed by atoms with van der Waals surface area (Å²) in [5, 5.41) is 26.3. The van der Waals surface area contributed by atoms with Gasteiger partial charge in [0.1, 0.15) is 6.04 Å². The van der Waals surface area contributed by atoms with Gasteiger partial charge < -0.3 is 20.8 Å². The third-order valence-corrected chi connectivity index (χ3v) is 14.9. The Hall–Kier alpha value is -2.37. The van der Waals surface area contributed by atoms with Crippen molar-refractivity contribution in [3.63, 3.8) is 0 Å². The van der Waals surface area contributed by atoms with E-state index in [1.807, 2.05) is 43.2 Å². The van der Waals surface area contributed by atoms with Crippen molar-refractivity contribution >= 4 is 82.7 Å². The molecular formula is C32H40N2O9S5. The molecule has 2 aromatic rings. The second kappa shape index (κ2) is 18.6. The number of aliphatic carboxylic acids is 1. The van der Waals surface area contributed by atoms with Crippen LogP contribution in [0.25, 0.3) is 11.1 Å². The topological polar surface area (TPSA) is 187 Å². The van der Waals surface area contributed by atoms with E-state index in [1.54, 1.807) is 0 Å². The van der Waals surface area contributed by atoms with Gasteiger partial charge in [0.05, 0.1) is 10.5 Å². The van der Waals surface area contributed by atoms with E-state index in [-0.39, 0.29) is 47.5 Å². The predicted molar refractivity (Wildman–Crippen MR) is 194 cm³/mol. The highest BCUT2D eigenvalue weighted by Gasteiger charge is 2.24. The van der Waals surface area contributed by atoms with E-state index in [0.29, 0.717) is 28.9 Å². The largest absolute Gasteiger partial charge is 0.480 e. The second-order valence-corrected chi connectivity index (χ2v) is 18.7. The molecule has 2 fully saturated rings. The van der Waals surface area contributed by atoms with Gasteiger partial charge in [0.25, 0.3) is 10.1 Å². The van der Waals surface area contributed by atoms with Gasteiger partial charge in [-0.05, 0) is 67.9 Å². The highest BCUT2D eigenvalue weighted by molar-refractivity contribution is 8.77. The summed E-state index contributed by atoms with van der Waals surface area (Å²) in [4.78, 5) is 49.5. The summed E-state index contributed by atoms with van der Waals surface area (Å²) in [5.41, 5.74) is 0.485. The third-order valence-electron chi connectivity index (χ3n) is 8.06. The molecule has 2 amide bonds. The molecule has 0 radical (unpaired) electrons. The fourth-order valence-electron chi connectivity index (χ4n) is 5.51. The van der Waals surface area contributed by atoms with E-state index in [2.05, 4.69) is 10.6 Å². The third kappa shape index (κ3) is 11.9. The van der Waals surface area contributed by atoms with Crippen molar-refractivity contribution in [2.75, 3.05) is 16.8 Å². The Balaban J connectivity index is 1.50. The smallest absolute Gasteiger partial charge is 0.336 e. The molecule has 3 atom stereocenters. The lowest BCUT2D eigenvalue weighted by Gasteiger charge is -2.18. The SMILES string of the molecule is O=C(CCCCC1CCSS1)Nc1cc(S(=O)(=O)O)ccc1-c1cc(CC(NC(=O)CCCCC2CCSS2)C(=O)O)ccc1C(=O)O. The number of carboxylic acid groups (broad SMARTS) is 2. The predicted octanol–water partition coefficient (Wildman–Crippen LogP) is 6.78. The molecule has 0 aromatic heterocycles. The number of benzene rings is 2. The minimum Gasteiger partial charge on any atom is -0.480 e. The van der Waals surface area contributed by atoms with Gasteiger partial charge in [0.2, 0.25) is 11.8 Å². The van der Waals surface area contributed by atoms with E-state index in [1.165, 1.54) is 24.3 Å². The van der Waals surface area contributed by atoms with Gasteiger partial charge in [-0.15, -0.1) is 0 Å². The van der Waals surface area contributed by atoms with Gasteiger partial charge in [-0.25, -0.2) is 9.59 Å². The molecule has 0 spiro atoms. The molecule has 2 saturated heterocycles. The molecule has 2 heterocycles. The number of nitrogens with one attached hydrogen (secondary N) is 2. The summed E-state index contributed by atoms with van der Waals surface area (Å²) in [6.07, 6.45) is 7.46. The van der Waals surface area contributed by atoms with Gasteiger partial charge >= 0.3 is 11.9 Å². The number of aromatic carboxylic acids is 1. The van der Waals surface area contributed by atoms with E-state index >= 15 is 0 Å². The van der Waals surface area contributed by atoms with E-state index in [9.17, 15) is 42.4 Å². The molecule has 0 bridgehead atoms. The molecule has 16 heteroatoms. The summed E-state index contributed by atoms with van der Waals surface area (Å²) >= 11 is 0. The number of anilines is 1. The molecule has 48 heavy (non-hydrogen) atoms. The van der Waals surface area contributed by atoms with Crippen LogP contribution in [-0.2, 0) is 30.9 Å². The van der Waals surface area contributed by atoms with Gasteiger partial charge in [-0.1, -0.05) is 74.2 Å². The van der Waals surface area contributed by atoms with Gasteiger partial charge in [-0.3, -0.25) is 14.1 Å². The highest BCUT2D eigenvalue weighted by atomic mass is 33.1. The number of rotatable bonds is 18. The number of carbonyl (C=O) groups is 4. The van der Waals surface area contributed by atoms with Crippen molar-refractivity contribution in [1.82, 2.24) is 5.32 Å². The van der Waals surface area contributed by atoms with Crippen LogP contribution in [0.2, 0.25) is 0 Å². The number of hydrogen-bond acceptors (Lipinski definition) is 10. The summed E-state index contributed by atoms with van der Waals surface area (Å²) < 4.78 is 33.6. The molecule has 11 nitrogen and oxygen atoms in total. The van der Waals surface area contributed by atoms with Crippen molar-refractivity contribution in [3.05, 3.63) is 47.5 Å². The van der Waals surface area contributed by atoms with Crippen LogP contribution in [0.3, 0.4) is 0 Å². The van der Waals surface area contributed by atoms with E-state index in [4.69, 9.17) is 0 Å². The Morgan fingerprint density at radius 1 is 0.812 bits per heavy atom. The maximum Gasteiger partial charge on any atom is 0.336 e. The van der Waals surface area contributed by atoms with Crippen LogP contribution in [0.1, 0.15) is 80.1 Å². The molecule has 3 unspecified atom stereocenters. The monoisotopic (exact) mass is 756 g/mol. The molecule has 5 N–H and O–H groups in total. The van der Waals surface area contributed by atoms with Crippen LogP contribution in [0, 0.1) is 0 Å². The van der Waals surface area contributed by atoms with Gasteiger partial charge in [0, 0.05) is 52.5 Å². The van der Waals surface area contributed by atoms with Crippen molar-refractivity contribution in [3.8, 4) is 11.1 Å². The van der Waals surface area contributed by atoms with Crippen LogP contribution in [0.15, 0.2) is 41.3 Å². The standard InChI is InChI=1S/C32H40N2O9S5/c35-29(7-3-1-5-21-13-15-44-46-21)33-27-19-23(48(41,42)43)10-12-24(27)26-17-20(9-11-25(26)31(37)38)18-28(32(39)40)34-30(36)8-4-2-6-22-14-16-45-47-22/h9-12,17,19,21-22,28H,1-8,13-16,18H2,(H,33,35)(H,34,36)(H,37,38)(H,39,40)(H,41,42,43). The minimum atomic E-state index is -4.65. The minimum absolute atomic E-state index is 0.0183. The number of hydrogen-bond donors (Lipinski definition) is 5. The fraction of sp³-hybridized carbons (Fsp3) is 0.500. The maximum absolute atomic E-state index is 13.0. The quantitative estimate of drug-likeness (QED) is 0.0609. The number of unbranched alkanes of at least 4 members (excludes halogenated alkanes) is 2. The molecule has 0 saturated carbocycles. The molecular weight excluding hydrogens is 717 g/mol. The first-order valence-corrected chi connectivity index (χ1v) is 22.0. The Kier molecular flexibility index (Phi) is 14.9. The van der Waals surface area contributed by atoms with Crippen molar-refractivity contribution in [2.45, 2.75) is 92.1 Å². The average Bonchev–Trinajstić information content (AvgIpc) is 3.75. The Labute approximate surface area is 296 Å². The zero-order valence-corrected chi connectivity index (χ0v) is 30.3. The summed E-state index contributed by atoms with van der Waals surface area (Å²) in [6, 6.07) is 6.40. The molecule has 262 valence electrons. The molecule has 4 rings (SSSR count). The zero-order valence-electron chi connectivity index (χ0n) is 26.2. The lowest BCUT2D eigenvalue weighted by Crippen LogP contribution is -2.42. The van der Waals surface area contributed by atoms with Crippen LogP contribution in [0.4, 0.5) is 5.69 Å². The zero-order chi connectivity index (χ0) is 34.7. The van der Waals surface area contributed by atoms with Crippen molar-refractivity contribution in [1.29, 1.82) is 0 Å². The summed E-state index contributed by atoms with van der Waals surface area (Å²) in [5.74, 6) is -1.08. The van der Waals surface area contributed by atoms with Crippen LogP contribution in [0.5, 0.6) is 0 Å². The number of carboxylic acids is 2. The molecule has 0 aliphatic carbocycles. The van der Waals surface area contributed by atoms with Crippen LogP contribution in [-0.4, -0.2) is 75.0 Å². The van der Waals surface area contributed by atoms with Gasteiger partial charge in [-0.2, -0.15) is 8.42 Å². The van der Waals surface area contributed by atoms with Crippen LogP contribution >= 0.6 is 43.2 Å².